The Morgan fingerprint density at radius 3 is 2.29 bits per heavy atom. The minimum Gasteiger partial charge on any atom is -0.455 e. The highest BCUT2D eigenvalue weighted by atomic mass is 32.2. The van der Waals surface area contributed by atoms with Gasteiger partial charge in [-0.3, -0.25) is 4.79 Å². The molecule has 9 heteroatoms. The van der Waals surface area contributed by atoms with Crippen LogP contribution in [0.25, 0.3) is 0 Å². The van der Waals surface area contributed by atoms with E-state index in [1.807, 2.05) is 54.6 Å². The molecule has 8 nitrogen and oxygen atoms in total. The van der Waals surface area contributed by atoms with Crippen LogP contribution in [0.5, 0.6) is 11.5 Å². The molecule has 0 saturated carbocycles. The van der Waals surface area contributed by atoms with Crippen LogP contribution in [0, 0.1) is 0 Å². The topological polar surface area (TPSA) is 97.0 Å². The van der Waals surface area contributed by atoms with Crippen molar-refractivity contribution in [3.8, 4) is 11.5 Å². The highest BCUT2D eigenvalue weighted by Gasteiger charge is 2.26. The van der Waals surface area contributed by atoms with E-state index in [1.165, 1.54) is 16.4 Å². The quantitative estimate of drug-likeness (QED) is 0.506. The van der Waals surface area contributed by atoms with Gasteiger partial charge in [0.1, 0.15) is 11.8 Å². The number of nitrogens with zero attached hydrogens (tertiary/aromatic N) is 1. The molecule has 0 radical (unpaired) electrons. The number of amides is 1. The molecule has 1 saturated heterocycles. The second kappa shape index (κ2) is 10.7. The largest absolute Gasteiger partial charge is 0.455 e. The molecular weight excluding hydrogens is 454 g/mol. The van der Waals surface area contributed by atoms with Gasteiger partial charge >= 0.3 is 0 Å². The zero-order chi connectivity index (χ0) is 24.0. The van der Waals surface area contributed by atoms with Crippen LogP contribution < -0.4 is 15.4 Å². The van der Waals surface area contributed by atoms with Crippen molar-refractivity contribution in [3.05, 3.63) is 78.9 Å². The second-order valence-corrected chi connectivity index (χ2v) is 9.75. The van der Waals surface area contributed by atoms with Crippen LogP contribution in [0.2, 0.25) is 0 Å². The third kappa shape index (κ3) is 5.74. The van der Waals surface area contributed by atoms with Gasteiger partial charge in [0.05, 0.1) is 23.8 Å². The smallest absolute Gasteiger partial charge is 0.246 e. The summed E-state index contributed by atoms with van der Waals surface area (Å²) in [6, 6.07) is 22.4. The fourth-order valence-electron chi connectivity index (χ4n) is 3.49. The maximum absolute atomic E-state index is 12.8. The van der Waals surface area contributed by atoms with Gasteiger partial charge in [-0.1, -0.05) is 30.3 Å². The van der Waals surface area contributed by atoms with E-state index in [-0.39, 0.29) is 10.8 Å². The van der Waals surface area contributed by atoms with Crippen molar-refractivity contribution in [3.63, 3.8) is 0 Å². The number of hydrogen-bond acceptors (Lipinski definition) is 6. The maximum Gasteiger partial charge on any atom is 0.246 e. The summed E-state index contributed by atoms with van der Waals surface area (Å²) < 4.78 is 38.1. The molecular formula is C25H27N3O5S. The zero-order valence-electron chi connectivity index (χ0n) is 18.8. The lowest BCUT2D eigenvalue weighted by Gasteiger charge is -2.26. The number of sulfonamides is 1. The standard InChI is InChI=1S/C25H27N3O5S/c1-19(26-23-9-5-6-10-24(23)33-21-7-3-2-4-8-21)25(29)27-20-11-13-22(14-12-20)34(30,31)28-15-17-32-18-16-28/h2-14,19,26H,15-18H2,1H3,(H,27,29)/t19-/m1/s1. The first-order valence-corrected chi connectivity index (χ1v) is 12.4. The number of hydrogen-bond donors (Lipinski definition) is 2. The number of benzene rings is 3. The van der Waals surface area contributed by atoms with Crippen molar-refractivity contribution in [2.24, 2.45) is 0 Å². The van der Waals surface area contributed by atoms with E-state index >= 15 is 0 Å². The van der Waals surface area contributed by atoms with E-state index in [1.54, 1.807) is 19.1 Å². The summed E-state index contributed by atoms with van der Waals surface area (Å²) in [6.45, 7) is 3.18. The predicted molar refractivity (Wildman–Crippen MR) is 131 cm³/mol. The van der Waals surface area contributed by atoms with Gasteiger partial charge in [0.25, 0.3) is 0 Å². The summed E-state index contributed by atoms with van der Waals surface area (Å²) in [5.41, 5.74) is 1.19. The summed E-state index contributed by atoms with van der Waals surface area (Å²) in [7, 11) is -3.58. The minimum atomic E-state index is -3.58. The van der Waals surface area contributed by atoms with Gasteiger partial charge in [0.2, 0.25) is 15.9 Å². The van der Waals surface area contributed by atoms with Crippen molar-refractivity contribution in [1.82, 2.24) is 4.31 Å². The monoisotopic (exact) mass is 481 g/mol. The molecule has 1 heterocycles. The van der Waals surface area contributed by atoms with Crippen molar-refractivity contribution in [1.29, 1.82) is 0 Å². The van der Waals surface area contributed by atoms with E-state index in [2.05, 4.69) is 10.6 Å². The fraction of sp³-hybridized carbons (Fsp3) is 0.240. The van der Waals surface area contributed by atoms with Crippen LogP contribution in [-0.4, -0.2) is 51.0 Å². The molecule has 0 aromatic heterocycles. The molecule has 0 unspecified atom stereocenters. The molecule has 1 aliphatic heterocycles. The normalized spacial score (nSPS) is 15.3. The van der Waals surface area contributed by atoms with Gasteiger partial charge in [-0.15, -0.1) is 0 Å². The molecule has 1 aliphatic rings. The number of para-hydroxylation sites is 3. The number of anilines is 2. The molecule has 34 heavy (non-hydrogen) atoms. The highest BCUT2D eigenvalue weighted by molar-refractivity contribution is 7.89. The van der Waals surface area contributed by atoms with E-state index in [0.29, 0.717) is 49.2 Å². The van der Waals surface area contributed by atoms with Gasteiger partial charge < -0.3 is 20.1 Å². The predicted octanol–water partition coefficient (Wildman–Crippen LogP) is 3.94. The summed E-state index contributed by atoms with van der Waals surface area (Å²) in [5.74, 6) is 1.03. The summed E-state index contributed by atoms with van der Waals surface area (Å²) in [4.78, 5) is 12.9. The second-order valence-electron chi connectivity index (χ2n) is 7.81. The molecule has 1 fully saturated rings. The Morgan fingerprint density at radius 2 is 1.59 bits per heavy atom. The van der Waals surface area contributed by atoms with Crippen LogP contribution in [0.1, 0.15) is 6.92 Å². The Bertz CT molecular complexity index is 1210. The minimum absolute atomic E-state index is 0.186. The Labute approximate surface area is 199 Å². The van der Waals surface area contributed by atoms with Crippen LogP contribution in [-0.2, 0) is 19.6 Å². The fourth-order valence-corrected chi connectivity index (χ4v) is 4.89. The Hall–Kier alpha value is -3.40. The third-order valence-corrected chi connectivity index (χ3v) is 7.27. The average molecular weight is 482 g/mol. The van der Waals surface area contributed by atoms with E-state index in [9.17, 15) is 13.2 Å². The molecule has 4 rings (SSSR count). The lowest BCUT2D eigenvalue weighted by molar-refractivity contribution is -0.116. The van der Waals surface area contributed by atoms with E-state index < -0.39 is 16.1 Å². The number of nitrogens with one attached hydrogen (secondary N) is 2. The Morgan fingerprint density at radius 1 is 0.941 bits per heavy atom. The first-order chi connectivity index (χ1) is 16.4. The van der Waals surface area contributed by atoms with Crippen molar-refractivity contribution in [2.45, 2.75) is 17.9 Å². The number of rotatable bonds is 8. The van der Waals surface area contributed by atoms with E-state index in [0.717, 1.165) is 0 Å². The highest BCUT2D eigenvalue weighted by Crippen LogP contribution is 2.29. The van der Waals surface area contributed by atoms with E-state index in [4.69, 9.17) is 9.47 Å². The number of morpholine rings is 1. The van der Waals surface area contributed by atoms with Crippen molar-refractivity contribution >= 4 is 27.3 Å². The molecule has 1 atom stereocenters. The van der Waals surface area contributed by atoms with Gasteiger partial charge in [-0.2, -0.15) is 4.31 Å². The summed E-state index contributed by atoms with van der Waals surface area (Å²) >= 11 is 0. The molecule has 0 spiro atoms. The first kappa shape index (κ1) is 23.7. The molecule has 1 amide bonds. The maximum atomic E-state index is 12.8. The summed E-state index contributed by atoms with van der Waals surface area (Å²) in [6.07, 6.45) is 0. The number of ether oxygens (including phenoxy) is 2. The molecule has 3 aromatic carbocycles. The Balaban J connectivity index is 1.39. The zero-order valence-corrected chi connectivity index (χ0v) is 19.6. The molecule has 0 aliphatic carbocycles. The van der Waals surface area contributed by atoms with Crippen LogP contribution in [0.15, 0.2) is 83.8 Å². The third-order valence-electron chi connectivity index (χ3n) is 5.35. The van der Waals surface area contributed by atoms with Gasteiger partial charge in [-0.05, 0) is 55.5 Å². The number of carbonyl (C=O) groups is 1. The number of carbonyl (C=O) groups excluding carboxylic acids is 1. The van der Waals surface area contributed by atoms with Crippen LogP contribution >= 0.6 is 0 Å². The van der Waals surface area contributed by atoms with Gasteiger partial charge in [0.15, 0.2) is 5.75 Å². The SMILES string of the molecule is C[C@@H](Nc1ccccc1Oc1ccccc1)C(=O)Nc1ccc(S(=O)(=O)N2CCOCC2)cc1. The lowest BCUT2D eigenvalue weighted by Crippen LogP contribution is -2.40. The molecule has 2 N–H and O–H groups in total. The first-order valence-electron chi connectivity index (χ1n) is 11.0. The van der Waals surface area contributed by atoms with Crippen molar-refractivity contribution < 1.29 is 22.7 Å². The van der Waals surface area contributed by atoms with Crippen molar-refractivity contribution in [2.75, 3.05) is 36.9 Å². The van der Waals surface area contributed by atoms with Crippen LogP contribution in [0.3, 0.4) is 0 Å². The van der Waals surface area contributed by atoms with Gasteiger partial charge in [0, 0.05) is 18.8 Å². The summed E-state index contributed by atoms with van der Waals surface area (Å²) in [5, 5.41) is 6.00. The lowest BCUT2D eigenvalue weighted by atomic mass is 10.2. The molecule has 0 bridgehead atoms. The molecule has 3 aromatic rings. The average Bonchev–Trinajstić information content (AvgIpc) is 2.86. The Kier molecular flexibility index (Phi) is 7.46. The van der Waals surface area contributed by atoms with Gasteiger partial charge in [-0.25, -0.2) is 8.42 Å². The molecule has 178 valence electrons. The van der Waals surface area contributed by atoms with Crippen LogP contribution in [0.4, 0.5) is 11.4 Å².